The van der Waals surface area contributed by atoms with Gasteiger partial charge in [-0.05, 0) is 80.0 Å². The van der Waals surface area contributed by atoms with Crippen molar-refractivity contribution >= 4 is 0 Å². The van der Waals surface area contributed by atoms with Crippen molar-refractivity contribution in [2.45, 2.75) is 78.2 Å². The minimum atomic E-state index is -0.173. The molecule has 22 heavy (non-hydrogen) atoms. The quantitative estimate of drug-likeness (QED) is 0.655. The van der Waals surface area contributed by atoms with Gasteiger partial charge in [0.05, 0.1) is 6.10 Å². The molecule has 0 spiro atoms. The van der Waals surface area contributed by atoms with Crippen molar-refractivity contribution in [2.24, 2.45) is 28.6 Å². The van der Waals surface area contributed by atoms with Crippen molar-refractivity contribution in [2.75, 3.05) is 0 Å². The second-order valence-corrected chi connectivity index (χ2v) is 8.91. The van der Waals surface area contributed by atoms with Crippen molar-refractivity contribution < 1.29 is 5.11 Å². The summed E-state index contributed by atoms with van der Waals surface area (Å²) in [6, 6.07) is 0. The summed E-state index contributed by atoms with van der Waals surface area (Å²) in [5.74, 6) is 2.67. The Hall–Kier alpha value is -0.560. The fraction of sp³-hybridized carbons (Fsp3) is 0.810. The van der Waals surface area contributed by atoms with Crippen LogP contribution in [0.4, 0.5) is 0 Å². The third-order valence-electron chi connectivity index (χ3n) is 8.21. The Balaban J connectivity index is 1.66. The van der Waals surface area contributed by atoms with Gasteiger partial charge >= 0.3 is 0 Å². The van der Waals surface area contributed by atoms with Gasteiger partial charge in [0, 0.05) is 0 Å². The standard InChI is InChI=1S/C21H32O/c1-4-14-6-8-18-17-7-5-15-13-16(22)9-11-21(15,3)19(17)10-12-20(14,18)2/h6,13,16-19,22H,4-5,7-12H2,1-3H3/t16-,17?,18?,19?,20+,21-/m0/s1. The molecule has 3 unspecified atom stereocenters. The van der Waals surface area contributed by atoms with Crippen LogP contribution in [-0.4, -0.2) is 11.2 Å². The summed E-state index contributed by atoms with van der Waals surface area (Å²) >= 11 is 0. The van der Waals surface area contributed by atoms with E-state index in [1.54, 1.807) is 11.1 Å². The van der Waals surface area contributed by atoms with E-state index in [2.05, 4.69) is 32.9 Å². The Morgan fingerprint density at radius 1 is 1.09 bits per heavy atom. The van der Waals surface area contributed by atoms with Gasteiger partial charge in [-0.1, -0.05) is 44.1 Å². The number of allylic oxidation sites excluding steroid dienone is 3. The summed E-state index contributed by atoms with van der Waals surface area (Å²) < 4.78 is 0. The summed E-state index contributed by atoms with van der Waals surface area (Å²) in [6.07, 6.45) is 14.8. The Kier molecular flexibility index (Phi) is 3.39. The van der Waals surface area contributed by atoms with E-state index in [1.165, 1.54) is 44.9 Å². The van der Waals surface area contributed by atoms with E-state index in [0.29, 0.717) is 10.8 Å². The van der Waals surface area contributed by atoms with E-state index in [0.717, 1.165) is 24.2 Å². The second-order valence-electron chi connectivity index (χ2n) is 8.91. The lowest BCUT2D eigenvalue weighted by atomic mass is 9.47. The van der Waals surface area contributed by atoms with Gasteiger partial charge in [-0.25, -0.2) is 0 Å². The monoisotopic (exact) mass is 300 g/mol. The Morgan fingerprint density at radius 3 is 2.64 bits per heavy atom. The van der Waals surface area contributed by atoms with Crippen LogP contribution in [0.15, 0.2) is 23.3 Å². The molecule has 122 valence electrons. The van der Waals surface area contributed by atoms with Crippen molar-refractivity contribution in [3.05, 3.63) is 23.3 Å². The summed E-state index contributed by atoms with van der Waals surface area (Å²) in [6.45, 7) is 7.43. The molecular weight excluding hydrogens is 268 g/mol. The number of aliphatic hydroxyl groups is 1. The molecule has 0 aromatic rings. The molecule has 0 aliphatic heterocycles. The first-order valence-corrected chi connectivity index (χ1v) is 9.58. The molecule has 1 heteroatoms. The van der Waals surface area contributed by atoms with Gasteiger partial charge < -0.3 is 5.11 Å². The molecular formula is C21H32O. The first-order chi connectivity index (χ1) is 10.5. The van der Waals surface area contributed by atoms with E-state index >= 15 is 0 Å². The van der Waals surface area contributed by atoms with Crippen LogP contribution in [0.25, 0.3) is 0 Å². The van der Waals surface area contributed by atoms with E-state index in [1.807, 2.05) is 0 Å². The summed E-state index contributed by atoms with van der Waals surface area (Å²) in [5.41, 5.74) is 4.24. The average molecular weight is 300 g/mol. The molecule has 6 atom stereocenters. The van der Waals surface area contributed by atoms with Crippen molar-refractivity contribution in [1.29, 1.82) is 0 Å². The first kappa shape index (κ1) is 15.0. The van der Waals surface area contributed by atoms with Gasteiger partial charge in [0.1, 0.15) is 0 Å². The van der Waals surface area contributed by atoms with E-state index in [9.17, 15) is 5.11 Å². The Bertz CT molecular complexity index is 530. The highest BCUT2D eigenvalue weighted by Crippen LogP contribution is 2.65. The highest BCUT2D eigenvalue weighted by atomic mass is 16.3. The van der Waals surface area contributed by atoms with Crippen LogP contribution in [0.2, 0.25) is 0 Å². The Labute approximate surface area is 135 Å². The third-order valence-corrected chi connectivity index (χ3v) is 8.21. The minimum absolute atomic E-state index is 0.173. The molecule has 0 bridgehead atoms. The molecule has 1 N–H and O–H groups in total. The van der Waals surface area contributed by atoms with Crippen molar-refractivity contribution in [3.8, 4) is 0 Å². The fourth-order valence-corrected chi connectivity index (χ4v) is 6.91. The van der Waals surface area contributed by atoms with Gasteiger partial charge in [0.2, 0.25) is 0 Å². The zero-order valence-electron chi connectivity index (χ0n) is 14.6. The number of rotatable bonds is 1. The number of aliphatic hydroxyl groups excluding tert-OH is 1. The normalized spacial score (nSPS) is 50.5. The maximum Gasteiger partial charge on any atom is 0.0724 e. The van der Waals surface area contributed by atoms with Crippen molar-refractivity contribution in [3.63, 3.8) is 0 Å². The average Bonchev–Trinajstić information content (AvgIpc) is 2.84. The van der Waals surface area contributed by atoms with Gasteiger partial charge in [-0.3, -0.25) is 0 Å². The van der Waals surface area contributed by atoms with Crippen LogP contribution in [0.5, 0.6) is 0 Å². The molecule has 0 radical (unpaired) electrons. The van der Waals surface area contributed by atoms with Crippen LogP contribution >= 0.6 is 0 Å². The zero-order valence-corrected chi connectivity index (χ0v) is 14.6. The molecule has 0 amide bonds. The minimum Gasteiger partial charge on any atom is -0.389 e. The fourth-order valence-electron chi connectivity index (χ4n) is 6.91. The molecule has 4 aliphatic rings. The summed E-state index contributed by atoms with van der Waals surface area (Å²) in [7, 11) is 0. The third kappa shape index (κ3) is 1.87. The van der Waals surface area contributed by atoms with Crippen LogP contribution in [-0.2, 0) is 0 Å². The summed E-state index contributed by atoms with van der Waals surface area (Å²) in [5, 5.41) is 10.0. The van der Waals surface area contributed by atoms with Gasteiger partial charge in [0.15, 0.2) is 0 Å². The molecule has 4 rings (SSSR count). The maximum absolute atomic E-state index is 10.0. The molecule has 2 saturated carbocycles. The molecule has 0 aromatic heterocycles. The van der Waals surface area contributed by atoms with E-state index in [4.69, 9.17) is 0 Å². The number of hydrogen-bond acceptors (Lipinski definition) is 1. The molecule has 1 nitrogen and oxygen atoms in total. The first-order valence-electron chi connectivity index (χ1n) is 9.58. The van der Waals surface area contributed by atoms with Gasteiger partial charge in [0.25, 0.3) is 0 Å². The predicted octanol–water partition coefficient (Wildman–Crippen LogP) is 5.26. The second kappa shape index (κ2) is 4.97. The largest absolute Gasteiger partial charge is 0.389 e. The SMILES string of the molecule is CCC1=CCC2C3CCC4=C[C@@H](O)CC[C@]4(C)C3CC[C@]12C. The van der Waals surface area contributed by atoms with Gasteiger partial charge in [-0.2, -0.15) is 0 Å². The zero-order chi connectivity index (χ0) is 15.5. The lowest BCUT2D eigenvalue weighted by molar-refractivity contribution is -0.0347. The highest BCUT2D eigenvalue weighted by molar-refractivity contribution is 5.29. The lowest BCUT2D eigenvalue weighted by Crippen LogP contribution is -2.50. The van der Waals surface area contributed by atoms with Crippen LogP contribution in [0, 0.1) is 28.6 Å². The number of fused-ring (bicyclic) bond motifs is 5. The highest BCUT2D eigenvalue weighted by Gasteiger charge is 2.56. The maximum atomic E-state index is 10.0. The smallest absolute Gasteiger partial charge is 0.0724 e. The topological polar surface area (TPSA) is 20.2 Å². The predicted molar refractivity (Wildman–Crippen MR) is 91.5 cm³/mol. The molecule has 0 aromatic carbocycles. The molecule has 0 heterocycles. The molecule has 0 saturated heterocycles. The summed E-state index contributed by atoms with van der Waals surface area (Å²) in [4.78, 5) is 0. The van der Waals surface area contributed by atoms with Gasteiger partial charge in [-0.15, -0.1) is 0 Å². The lowest BCUT2D eigenvalue weighted by Gasteiger charge is -2.58. The molecule has 4 aliphatic carbocycles. The van der Waals surface area contributed by atoms with Crippen LogP contribution in [0.3, 0.4) is 0 Å². The van der Waals surface area contributed by atoms with Crippen LogP contribution < -0.4 is 0 Å². The number of hydrogen-bond donors (Lipinski definition) is 1. The van der Waals surface area contributed by atoms with E-state index in [-0.39, 0.29) is 6.10 Å². The van der Waals surface area contributed by atoms with Crippen molar-refractivity contribution in [1.82, 2.24) is 0 Å². The van der Waals surface area contributed by atoms with E-state index < -0.39 is 0 Å². The Morgan fingerprint density at radius 2 is 1.86 bits per heavy atom. The molecule has 2 fully saturated rings. The van der Waals surface area contributed by atoms with Crippen LogP contribution in [0.1, 0.15) is 72.1 Å².